The Labute approximate surface area is 227 Å². The minimum absolute atomic E-state index is 0.0759. The Morgan fingerprint density at radius 1 is 1.08 bits per heavy atom. The predicted octanol–water partition coefficient (Wildman–Crippen LogP) is 4.07. The smallest absolute Gasteiger partial charge is 0.294 e. The normalized spacial score (nSPS) is 12.4. The van der Waals surface area contributed by atoms with Crippen molar-refractivity contribution in [2.75, 3.05) is 56.9 Å². The fourth-order valence-corrected chi connectivity index (χ4v) is 4.32. The van der Waals surface area contributed by atoms with Crippen LogP contribution in [-0.2, 0) is 12.0 Å². The van der Waals surface area contributed by atoms with Crippen LogP contribution in [0.1, 0.15) is 30.5 Å². The van der Waals surface area contributed by atoms with E-state index in [1.54, 1.807) is 27.0 Å². The Balaban J connectivity index is 1.64. The molecular formula is C27H34N8O4. The van der Waals surface area contributed by atoms with Crippen LogP contribution >= 0.6 is 0 Å². The molecule has 0 fully saturated rings. The zero-order valence-electron chi connectivity index (χ0n) is 23.0. The van der Waals surface area contributed by atoms with Crippen LogP contribution in [0, 0.1) is 10.1 Å². The van der Waals surface area contributed by atoms with E-state index in [-0.39, 0.29) is 17.6 Å². The van der Waals surface area contributed by atoms with Gasteiger partial charge in [0.05, 0.1) is 23.3 Å². The van der Waals surface area contributed by atoms with E-state index >= 15 is 0 Å². The van der Waals surface area contributed by atoms with Crippen molar-refractivity contribution in [1.82, 2.24) is 19.9 Å². The van der Waals surface area contributed by atoms with Gasteiger partial charge in [-0.3, -0.25) is 10.1 Å². The first kappa shape index (κ1) is 27.7. The number of allylic oxidation sites excluding steroid dienone is 1. The average molecular weight is 535 g/mol. The highest BCUT2D eigenvalue weighted by Crippen LogP contribution is 2.39. The van der Waals surface area contributed by atoms with Gasteiger partial charge in [-0.2, -0.15) is 4.98 Å². The molecule has 1 aromatic heterocycles. The highest BCUT2D eigenvalue weighted by molar-refractivity contribution is 5.77. The maximum absolute atomic E-state index is 11.9. The van der Waals surface area contributed by atoms with Crippen molar-refractivity contribution >= 4 is 40.7 Å². The molecule has 0 unspecified atom stereocenters. The molecule has 1 aliphatic rings. The van der Waals surface area contributed by atoms with Crippen LogP contribution in [0.3, 0.4) is 0 Å². The zero-order valence-corrected chi connectivity index (χ0v) is 23.0. The van der Waals surface area contributed by atoms with Gasteiger partial charge in [0.2, 0.25) is 11.9 Å². The van der Waals surface area contributed by atoms with Crippen LogP contribution < -0.4 is 20.3 Å². The third-order valence-corrected chi connectivity index (χ3v) is 6.43. The van der Waals surface area contributed by atoms with Gasteiger partial charge in [-0.1, -0.05) is 12.2 Å². The minimum Gasteiger partial charge on any atom is -0.494 e. The number of hydrogen-bond acceptors (Lipinski definition) is 11. The summed E-state index contributed by atoms with van der Waals surface area (Å²) < 4.78 is 5.55. The number of nitrogens with zero attached hydrogens (tertiary/aromatic N) is 6. The van der Waals surface area contributed by atoms with E-state index in [0.29, 0.717) is 34.9 Å². The number of fused-ring (bicyclic) bond motifs is 1. The topological polar surface area (TPSA) is 142 Å². The Bertz CT molecular complexity index is 1400. The Morgan fingerprint density at radius 2 is 1.77 bits per heavy atom. The first-order valence-corrected chi connectivity index (χ1v) is 12.5. The Hall–Kier alpha value is -4.29. The van der Waals surface area contributed by atoms with E-state index in [0.717, 1.165) is 24.1 Å². The summed E-state index contributed by atoms with van der Waals surface area (Å²) in [5.74, 6) is 0.810. The maximum Gasteiger partial charge on any atom is 0.294 e. The number of nitro benzene ring substituents is 1. The fourth-order valence-electron chi connectivity index (χ4n) is 4.32. The maximum atomic E-state index is 11.9. The number of nitro groups is 1. The molecule has 0 spiro atoms. The first-order chi connectivity index (χ1) is 18.5. The van der Waals surface area contributed by atoms with Gasteiger partial charge >= 0.3 is 0 Å². The number of aromatic nitrogens is 3. The molecule has 12 nitrogen and oxygen atoms in total. The summed E-state index contributed by atoms with van der Waals surface area (Å²) in [4.78, 5) is 28.2. The first-order valence-electron chi connectivity index (χ1n) is 12.5. The van der Waals surface area contributed by atoms with E-state index in [9.17, 15) is 15.2 Å². The Morgan fingerprint density at radius 3 is 2.38 bits per heavy atom. The molecule has 0 amide bonds. The average Bonchev–Trinajstić information content (AvgIpc) is 3.33. The fraction of sp³-hybridized carbons (Fsp3) is 0.370. The standard InChI is InChI=1S/C27H34N8O4/c1-27(2,36)19-12-17-8-7-9-18(17)13-20(19)30-25-28-16-29-26(32-25)31-21-14-23(35(37)38)22(15-24(21)39-6)34(5)11-10-33(3)4/h7,9,12-16,36H,8,10-11H2,1-6H3,(H2,28,29,30,31,32). The predicted molar refractivity (Wildman–Crippen MR) is 152 cm³/mol. The van der Waals surface area contributed by atoms with Crippen molar-refractivity contribution in [2.45, 2.75) is 25.9 Å². The minimum atomic E-state index is -1.10. The number of benzene rings is 2. The number of methoxy groups -OCH3 is 1. The summed E-state index contributed by atoms with van der Waals surface area (Å²) in [5, 5.41) is 28.9. The molecule has 1 aliphatic carbocycles. The van der Waals surface area contributed by atoms with Crippen LogP contribution in [0.5, 0.6) is 5.75 Å². The van der Waals surface area contributed by atoms with Crippen molar-refractivity contribution in [1.29, 1.82) is 0 Å². The zero-order chi connectivity index (χ0) is 28.3. The molecule has 0 atom stereocenters. The van der Waals surface area contributed by atoms with Crippen molar-refractivity contribution in [2.24, 2.45) is 0 Å². The molecule has 2 aromatic carbocycles. The third kappa shape index (κ3) is 6.41. The Kier molecular flexibility index (Phi) is 7.98. The van der Waals surface area contributed by atoms with E-state index in [1.165, 1.54) is 19.5 Å². The van der Waals surface area contributed by atoms with E-state index < -0.39 is 10.5 Å². The lowest BCUT2D eigenvalue weighted by molar-refractivity contribution is -0.384. The lowest BCUT2D eigenvalue weighted by atomic mass is 9.92. The molecule has 39 heavy (non-hydrogen) atoms. The second-order valence-electron chi connectivity index (χ2n) is 10.2. The molecule has 0 radical (unpaired) electrons. The molecular weight excluding hydrogens is 500 g/mol. The number of ether oxygens (including phenoxy) is 1. The summed E-state index contributed by atoms with van der Waals surface area (Å²) in [6.45, 7) is 4.77. The van der Waals surface area contributed by atoms with Gasteiger partial charge < -0.3 is 30.3 Å². The number of likely N-dealkylation sites (N-methyl/N-ethyl adjacent to an activating group) is 2. The van der Waals surface area contributed by atoms with Gasteiger partial charge in [0.25, 0.3) is 5.69 Å². The molecule has 1 heterocycles. The van der Waals surface area contributed by atoms with Crippen molar-refractivity contribution in [3.8, 4) is 5.75 Å². The van der Waals surface area contributed by atoms with Crippen molar-refractivity contribution in [3.05, 3.63) is 63.5 Å². The highest BCUT2D eigenvalue weighted by atomic mass is 16.6. The van der Waals surface area contributed by atoms with Crippen LogP contribution in [0.15, 0.2) is 36.7 Å². The molecule has 3 N–H and O–H groups in total. The van der Waals surface area contributed by atoms with Gasteiger partial charge in [-0.05, 0) is 57.6 Å². The molecule has 0 bridgehead atoms. The van der Waals surface area contributed by atoms with Crippen molar-refractivity contribution < 1.29 is 14.8 Å². The lowest BCUT2D eigenvalue weighted by Crippen LogP contribution is -2.29. The molecule has 0 saturated heterocycles. The number of anilines is 5. The monoisotopic (exact) mass is 534 g/mol. The van der Waals surface area contributed by atoms with Crippen molar-refractivity contribution in [3.63, 3.8) is 0 Å². The quantitative estimate of drug-likeness (QED) is 0.242. The summed E-state index contributed by atoms with van der Waals surface area (Å²) in [7, 11) is 7.19. The summed E-state index contributed by atoms with van der Waals surface area (Å²) in [5.41, 5.74) is 3.19. The van der Waals surface area contributed by atoms with Gasteiger partial charge in [0.1, 0.15) is 17.8 Å². The SMILES string of the molecule is COc1cc(N(C)CCN(C)C)c([N+](=O)[O-])cc1Nc1ncnc(Nc2cc3c(cc2C(C)(C)O)CC=C3)n1. The molecule has 3 aromatic rings. The highest BCUT2D eigenvalue weighted by Gasteiger charge is 2.24. The van der Waals surface area contributed by atoms with E-state index in [2.05, 4.69) is 31.7 Å². The second-order valence-corrected chi connectivity index (χ2v) is 10.2. The van der Waals surface area contributed by atoms with Crippen LogP contribution in [-0.4, -0.2) is 71.2 Å². The molecule has 0 aliphatic heterocycles. The largest absolute Gasteiger partial charge is 0.494 e. The lowest BCUT2D eigenvalue weighted by Gasteiger charge is -2.23. The second kappa shape index (κ2) is 11.2. The molecule has 206 valence electrons. The van der Waals surface area contributed by atoms with Gasteiger partial charge in [-0.15, -0.1) is 0 Å². The number of aliphatic hydroxyl groups is 1. The van der Waals surface area contributed by atoms with Crippen LogP contribution in [0.25, 0.3) is 6.08 Å². The summed E-state index contributed by atoms with van der Waals surface area (Å²) in [6, 6.07) is 6.99. The molecule has 4 rings (SSSR count). The van der Waals surface area contributed by atoms with E-state index in [4.69, 9.17) is 4.74 Å². The van der Waals surface area contributed by atoms with Gasteiger partial charge in [-0.25, -0.2) is 9.97 Å². The third-order valence-electron chi connectivity index (χ3n) is 6.43. The number of hydrogen-bond donors (Lipinski definition) is 3. The number of rotatable bonds is 11. The van der Waals surface area contributed by atoms with Gasteiger partial charge in [0, 0.05) is 43.5 Å². The molecule has 12 heteroatoms. The summed E-state index contributed by atoms with van der Waals surface area (Å²) >= 11 is 0. The summed E-state index contributed by atoms with van der Waals surface area (Å²) in [6.07, 6.45) is 6.26. The van der Waals surface area contributed by atoms with Gasteiger partial charge in [0.15, 0.2) is 0 Å². The molecule has 0 saturated carbocycles. The van der Waals surface area contributed by atoms with E-state index in [1.807, 2.05) is 42.1 Å². The van der Waals surface area contributed by atoms with Crippen LogP contribution in [0.2, 0.25) is 0 Å². The number of nitrogens with one attached hydrogen (secondary N) is 2. The van der Waals surface area contributed by atoms with Crippen LogP contribution in [0.4, 0.5) is 34.6 Å².